The minimum Gasteiger partial charge on any atom is -0.381 e. The number of benzene rings is 1. The zero-order valence-electron chi connectivity index (χ0n) is 7.73. The van der Waals surface area contributed by atoms with Gasteiger partial charge in [-0.05, 0) is 17.5 Å². The molecule has 0 bridgehead atoms. The van der Waals surface area contributed by atoms with Crippen molar-refractivity contribution in [3.8, 4) is 0 Å². The molecule has 2 heteroatoms. The van der Waals surface area contributed by atoms with E-state index in [0.717, 1.165) is 12.8 Å². The van der Waals surface area contributed by atoms with Crippen LogP contribution in [0.2, 0.25) is 0 Å². The molecule has 1 rings (SSSR count). The van der Waals surface area contributed by atoms with Crippen LogP contribution in [-0.4, -0.2) is 11.4 Å². The van der Waals surface area contributed by atoms with Gasteiger partial charge in [-0.3, -0.25) is 0 Å². The lowest BCUT2D eigenvalue weighted by molar-refractivity contribution is -0.115. The summed E-state index contributed by atoms with van der Waals surface area (Å²) in [6, 6.07) is 7.51. The van der Waals surface area contributed by atoms with E-state index < -0.39 is 6.10 Å². The Labute approximate surface area is 78.2 Å². The molecule has 0 fully saturated rings. The van der Waals surface area contributed by atoms with Gasteiger partial charge in [-0.2, -0.15) is 0 Å². The number of aldehydes is 1. The van der Waals surface area contributed by atoms with E-state index >= 15 is 0 Å². The monoisotopic (exact) mass is 178 g/mol. The Balaban J connectivity index is 2.84. The van der Waals surface area contributed by atoms with E-state index in [1.807, 2.05) is 18.2 Å². The molecular formula is C11H14O2. The number of aryl methyl sites for hydroxylation is 1. The molecule has 70 valence electrons. The number of hydrogen-bond acceptors (Lipinski definition) is 2. The SMILES string of the molecule is CCCc1cccc(C(O)C=O)c1. The van der Waals surface area contributed by atoms with Gasteiger partial charge in [0.1, 0.15) is 6.10 Å². The summed E-state index contributed by atoms with van der Waals surface area (Å²) in [5.74, 6) is 0. The van der Waals surface area contributed by atoms with Crippen LogP contribution in [0.25, 0.3) is 0 Å². The number of carbonyl (C=O) groups excluding carboxylic acids is 1. The Morgan fingerprint density at radius 2 is 2.31 bits per heavy atom. The molecule has 0 amide bonds. The van der Waals surface area contributed by atoms with Gasteiger partial charge in [-0.15, -0.1) is 0 Å². The summed E-state index contributed by atoms with van der Waals surface area (Å²) in [6.07, 6.45) is 1.63. The molecule has 0 spiro atoms. The Morgan fingerprint density at radius 1 is 1.54 bits per heavy atom. The Kier molecular flexibility index (Phi) is 3.65. The first-order chi connectivity index (χ1) is 6.27. The summed E-state index contributed by atoms with van der Waals surface area (Å²) in [6.45, 7) is 2.10. The average Bonchev–Trinajstić information content (AvgIpc) is 2.18. The molecule has 0 radical (unpaired) electrons. The summed E-state index contributed by atoms with van der Waals surface area (Å²) in [5, 5.41) is 9.25. The van der Waals surface area contributed by atoms with Crippen molar-refractivity contribution in [3.63, 3.8) is 0 Å². The predicted octanol–water partition coefficient (Wildman–Crippen LogP) is 1.87. The summed E-state index contributed by atoms with van der Waals surface area (Å²) >= 11 is 0. The van der Waals surface area contributed by atoms with Gasteiger partial charge in [0, 0.05) is 0 Å². The molecule has 0 aromatic heterocycles. The van der Waals surface area contributed by atoms with E-state index in [1.165, 1.54) is 5.56 Å². The quantitative estimate of drug-likeness (QED) is 0.715. The molecule has 0 saturated heterocycles. The Hall–Kier alpha value is -1.15. The third-order valence-corrected chi connectivity index (χ3v) is 1.96. The van der Waals surface area contributed by atoms with Gasteiger partial charge in [-0.1, -0.05) is 37.6 Å². The third-order valence-electron chi connectivity index (χ3n) is 1.96. The fourth-order valence-electron chi connectivity index (χ4n) is 1.30. The minimum absolute atomic E-state index is 0.547. The van der Waals surface area contributed by atoms with Gasteiger partial charge < -0.3 is 9.90 Å². The summed E-state index contributed by atoms with van der Waals surface area (Å²) in [5.41, 5.74) is 1.85. The number of aliphatic hydroxyl groups excluding tert-OH is 1. The van der Waals surface area contributed by atoms with E-state index in [9.17, 15) is 9.90 Å². The highest BCUT2D eigenvalue weighted by Crippen LogP contribution is 2.13. The van der Waals surface area contributed by atoms with Crippen LogP contribution < -0.4 is 0 Å². The second-order valence-corrected chi connectivity index (χ2v) is 3.08. The Bertz CT molecular complexity index is 281. The summed E-state index contributed by atoms with van der Waals surface area (Å²) < 4.78 is 0. The summed E-state index contributed by atoms with van der Waals surface area (Å²) in [4.78, 5) is 10.3. The molecule has 0 saturated carbocycles. The van der Waals surface area contributed by atoms with Gasteiger partial charge in [0.2, 0.25) is 0 Å². The van der Waals surface area contributed by atoms with Crippen LogP contribution in [0.4, 0.5) is 0 Å². The molecule has 0 heterocycles. The zero-order valence-corrected chi connectivity index (χ0v) is 7.73. The number of carbonyl (C=O) groups is 1. The fraction of sp³-hybridized carbons (Fsp3) is 0.364. The average molecular weight is 178 g/mol. The van der Waals surface area contributed by atoms with E-state index in [-0.39, 0.29) is 0 Å². The van der Waals surface area contributed by atoms with Crippen molar-refractivity contribution in [2.75, 3.05) is 0 Å². The van der Waals surface area contributed by atoms with Crippen molar-refractivity contribution >= 4 is 6.29 Å². The highest BCUT2D eigenvalue weighted by Gasteiger charge is 2.04. The van der Waals surface area contributed by atoms with Crippen LogP contribution in [0.15, 0.2) is 24.3 Å². The molecule has 13 heavy (non-hydrogen) atoms. The van der Waals surface area contributed by atoms with Crippen LogP contribution in [0, 0.1) is 0 Å². The van der Waals surface area contributed by atoms with E-state index in [4.69, 9.17) is 0 Å². The number of aliphatic hydroxyl groups is 1. The summed E-state index contributed by atoms with van der Waals surface area (Å²) in [7, 11) is 0. The maximum absolute atomic E-state index is 10.3. The molecule has 0 aliphatic carbocycles. The van der Waals surface area contributed by atoms with Crippen molar-refractivity contribution in [1.29, 1.82) is 0 Å². The van der Waals surface area contributed by atoms with Crippen LogP contribution in [0.5, 0.6) is 0 Å². The van der Waals surface area contributed by atoms with Crippen LogP contribution >= 0.6 is 0 Å². The van der Waals surface area contributed by atoms with Gasteiger partial charge in [0.15, 0.2) is 6.29 Å². The Morgan fingerprint density at radius 3 is 2.92 bits per heavy atom. The first-order valence-corrected chi connectivity index (χ1v) is 4.50. The van der Waals surface area contributed by atoms with Crippen molar-refractivity contribution in [2.45, 2.75) is 25.9 Å². The van der Waals surface area contributed by atoms with E-state index in [0.29, 0.717) is 11.8 Å². The molecule has 1 unspecified atom stereocenters. The normalized spacial score (nSPS) is 12.5. The molecule has 1 atom stereocenters. The van der Waals surface area contributed by atoms with E-state index in [2.05, 4.69) is 6.92 Å². The highest BCUT2D eigenvalue weighted by atomic mass is 16.3. The first kappa shape index (κ1) is 9.93. The maximum Gasteiger partial charge on any atom is 0.153 e. The van der Waals surface area contributed by atoms with Crippen molar-refractivity contribution in [1.82, 2.24) is 0 Å². The lowest BCUT2D eigenvalue weighted by Gasteiger charge is -2.05. The molecule has 1 aromatic rings. The molecule has 1 aromatic carbocycles. The lowest BCUT2D eigenvalue weighted by atomic mass is 10.0. The zero-order chi connectivity index (χ0) is 9.68. The van der Waals surface area contributed by atoms with Crippen molar-refractivity contribution in [3.05, 3.63) is 35.4 Å². The first-order valence-electron chi connectivity index (χ1n) is 4.50. The maximum atomic E-state index is 10.3. The topological polar surface area (TPSA) is 37.3 Å². The van der Waals surface area contributed by atoms with Gasteiger partial charge in [-0.25, -0.2) is 0 Å². The van der Waals surface area contributed by atoms with Gasteiger partial charge >= 0.3 is 0 Å². The molecule has 1 N–H and O–H groups in total. The van der Waals surface area contributed by atoms with E-state index in [1.54, 1.807) is 6.07 Å². The predicted molar refractivity (Wildman–Crippen MR) is 51.5 cm³/mol. The molecular weight excluding hydrogens is 164 g/mol. The lowest BCUT2D eigenvalue weighted by Crippen LogP contribution is -1.98. The van der Waals surface area contributed by atoms with Crippen molar-refractivity contribution in [2.24, 2.45) is 0 Å². The number of hydrogen-bond donors (Lipinski definition) is 1. The van der Waals surface area contributed by atoms with Crippen LogP contribution in [0.3, 0.4) is 0 Å². The van der Waals surface area contributed by atoms with Gasteiger partial charge in [0.25, 0.3) is 0 Å². The minimum atomic E-state index is -0.975. The molecule has 0 aliphatic heterocycles. The highest BCUT2D eigenvalue weighted by molar-refractivity contribution is 5.59. The fourth-order valence-corrected chi connectivity index (χ4v) is 1.30. The third kappa shape index (κ3) is 2.67. The van der Waals surface area contributed by atoms with Crippen LogP contribution in [-0.2, 0) is 11.2 Å². The van der Waals surface area contributed by atoms with Gasteiger partial charge in [0.05, 0.1) is 0 Å². The second-order valence-electron chi connectivity index (χ2n) is 3.08. The van der Waals surface area contributed by atoms with Crippen molar-refractivity contribution < 1.29 is 9.90 Å². The smallest absolute Gasteiger partial charge is 0.153 e. The second kappa shape index (κ2) is 4.77. The standard InChI is InChI=1S/C11H14O2/c1-2-4-9-5-3-6-10(7-9)11(13)8-12/h3,5-8,11,13H,2,4H2,1H3. The van der Waals surface area contributed by atoms with Crippen LogP contribution in [0.1, 0.15) is 30.6 Å². The largest absolute Gasteiger partial charge is 0.381 e. The number of rotatable bonds is 4. The molecule has 2 nitrogen and oxygen atoms in total. The molecule has 0 aliphatic rings.